The summed E-state index contributed by atoms with van der Waals surface area (Å²) in [4.78, 5) is 0.759. The van der Waals surface area contributed by atoms with Gasteiger partial charge in [0.15, 0.2) is 11.6 Å². The fourth-order valence-corrected chi connectivity index (χ4v) is 2.72. The van der Waals surface area contributed by atoms with Crippen molar-refractivity contribution in [3.8, 4) is 0 Å². The number of halogens is 3. The lowest BCUT2D eigenvalue weighted by atomic mass is 10.1. The topological polar surface area (TPSA) is 26.0 Å². The van der Waals surface area contributed by atoms with Crippen molar-refractivity contribution in [2.75, 3.05) is 0 Å². The Bertz CT molecular complexity index is 599. The maximum Gasteiger partial charge on any atom is 0.159 e. The van der Waals surface area contributed by atoms with Gasteiger partial charge in [-0.3, -0.25) is 0 Å². The minimum Gasteiger partial charge on any atom is -0.324 e. The summed E-state index contributed by atoms with van der Waals surface area (Å²) in [7, 11) is 0. The molecule has 19 heavy (non-hydrogen) atoms. The number of rotatable bonds is 3. The van der Waals surface area contributed by atoms with Gasteiger partial charge in [0.05, 0.1) is 4.90 Å². The quantitative estimate of drug-likeness (QED) is 0.910. The second kappa shape index (κ2) is 5.67. The summed E-state index contributed by atoms with van der Waals surface area (Å²) >= 11 is 1.03. The first-order valence-electron chi connectivity index (χ1n) is 5.66. The Morgan fingerprint density at radius 2 is 1.74 bits per heavy atom. The van der Waals surface area contributed by atoms with Crippen LogP contribution in [0.1, 0.15) is 18.5 Å². The van der Waals surface area contributed by atoms with Crippen LogP contribution in [0.2, 0.25) is 0 Å². The molecule has 0 fully saturated rings. The van der Waals surface area contributed by atoms with E-state index in [4.69, 9.17) is 5.73 Å². The van der Waals surface area contributed by atoms with Crippen LogP contribution in [-0.4, -0.2) is 0 Å². The molecule has 100 valence electrons. The molecule has 2 aromatic rings. The van der Waals surface area contributed by atoms with Gasteiger partial charge < -0.3 is 5.73 Å². The van der Waals surface area contributed by atoms with E-state index in [0.717, 1.165) is 23.9 Å². The van der Waals surface area contributed by atoms with Gasteiger partial charge in [0.1, 0.15) is 5.82 Å². The Morgan fingerprint density at radius 3 is 2.37 bits per heavy atom. The first-order chi connectivity index (χ1) is 8.99. The molecule has 0 aromatic heterocycles. The normalized spacial score (nSPS) is 12.5. The van der Waals surface area contributed by atoms with Crippen LogP contribution >= 0.6 is 11.8 Å². The van der Waals surface area contributed by atoms with E-state index in [1.807, 2.05) is 0 Å². The van der Waals surface area contributed by atoms with Gasteiger partial charge in [-0.15, -0.1) is 0 Å². The molecule has 0 aliphatic heterocycles. The average molecular weight is 283 g/mol. The zero-order valence-corrected chi connectivity index (χ0v) is 11.0. The highest BCUT2D eigenvalue weighted by Gasteiger charge is 2.14. The summed E-state index contributed by atoms with van der Waals surface area (Å²) < 4.78 is 39.8. The predicted molar refractivity (Wildman–Crippen MR) is 69.5 cm³/mol. The van der Waals surface area contributed by atoms with E-state index in [1.165, 1.54) is 12.1 Å². The fourth-order valence-electron chi connectivity index (χ4n) is 1.65. The van der Waals surface area contributed by atoms with E-state index in [0.29, 0.717) is 15.4 Å². The molecule has 0 heterocycles. The smallest absolute Gasteiger partial charge is 0.159 e. The summed E-state index contributed by atoms with van der Waals surface area (Å²) in [6, 6.07) is 7.72. The van der Waals surface area contributed by atoms with Gasteiger partial charge >= 0.3 is 0 Å². The number of benzene rings is 2. The van der Waals surface area contributed by atoms with Crippen molar-refractivity contribution in [3.63, 3.8) is 0 Å². The largest absolute Gasteiger partial charge is 0.324 e. The minimum atomic E-state index is -0.955. The molecular weight excluding hydrogens is 271 g/mol. The fraction of sp³-hybridized carbons (Fsp3) is 0.143. The molecule has 2 rings (SSSR count). The molecule has 0 aliphatic rings. The molecule has 2 N–H and O–H groups in total. The van der Waals surface area contributed by atoms with Crippen molar-refractivity contribution in [3.05, 3.63) is 59.4 Å². The van der Waals surface area contributed by atoms with Gasteiger partial charge in [0.25, 0.3) is 0 Å². The minimum absolute atomic E-state index is 0.337. The van der Waals surface area contributed by atoms with E-state index >= 15 is 0 Å². The van der Waals surface area contributed by atoms with Crippen LogP contribution in [0.25, 0.3) is 0 Å². The van der Waals surface area contributed by atoms with Crippen LogP contribution in [0, 0.1) is 17.5 Å². The lowest BCUT2D eigenvalue weighted by Crippen LogP contribution is -2.07. The Balaban J connectivity index is 2.40. The lowest BCUT2D eigenvalue weighted by molar-refractivity contribution is 0.506. The van der Waals surface area contributed by atoms with E-state index in [9.17, 15) is 13.2 Å². The van der Waals surface area contributed by atoms with Crippen molar-refractivity contribution in [1.29, 1.82) is 0 Å². The summed E-state index contributed by atoms with van der Waals surface area (Å²) in [6.45, 7) is 1.74. The van der Waals surface area contributed by atoms with Crippen LogP contribution in [-0.2, 0) is 0 Å². The van der Waals surface area contributed by atoms with Gasteiger partial charge in [-0.2, -0.15) is 0 Å². The van der Waals surface area contributed by atoms with E-state index in [-0.39, 0.29) is 6.04 Å². The second-order valence-corrected chi connectivity index (χ2v) is 5.21. The highest BCUT2D eigenvalue weighted by atomic mass is 32.2. The first-order valence-corrected chi connectivity index (χ1v) is 6.47. The second-order valence-electron chi connectivity index (χ2n) is 4.12. The standard InChI is InChI=1S/C14H12F3NS/c1-8(18)10-3-2-4-12(16)14(10)19-9-5-6-11(15)13(17)7-9/h2-8H,18H2,1H3/t8-/m1/s1. The number of hydrogen-bond acceptors (Lipinski definition) is 2. The Labute approximate surface area is 113 Å². The number of hydrogen-bond donors (Lipinski definition) is 1. The van der Waals surface area contributed by atoms with Crippen LogP contribution in [0.5, 0.6) is 0 Å². The maximum atomic E-state index is 13.8. The van der Waals surface area contributed by atoms with Gasteiger partial charge in [-0.05, 0) is 36.8 Å². The van der Waals surface area contributed by atoms with E-state index < -0.39 is 17.5 Å². The van der Waals surface area contributed by atoms with Crippen molar-refractivity contribution < 1.29 is 13.2 Å². The Hall–Kier alpha value is -1.46. The van der Waals surface area contributed by atoms with Crippen LogP contribution in [0.15, 0.2) is 46.2 Å². The zero-order chi connectivity index (χ0) is 14.0. The molecular formula is C14H12F3NS. The maximum absolute atomic E-state index is 13.8. The van der Waals surface area contributed by atoms with Crippen molar-refractivity contribution in [2.45, 2.75) is 22.8 Å². The molecule has 2 aromatic carbocycles. The molecule has 1 nitrogen and oxygen atoms in total. The van der Waals surface area contributed by atoms with Gasteiger partial charge in [-0.25, -0.2) is 13.2 Å². The molecule has 0 spiro atoms. The van der Waals surface area contributed by atoms with E-state index in [2.05, 4.69) is 0 Å². The SMILES string of the molecule is C[C@@H](N)c1cccc(F)c1Sc1ccc(F)c(F)c1. The Kier molecular flexibility index (Phi) is 4.17. The van der Waals surface area contributed by atoms with Gasteiger partial charge in [0.2, 0.25) is 0 Å². The van der Waals surface area contributed by atoms with Crippen molar-refractivity contribution in [2.24, 2.45) is 5.73 Å². The van der Waals surface area contributed by atoms with Crippen LogP contribution in [0.3, 0.4) is 0 Å². The molecule has 5 heteroatoms. The summed E-state index contributed by atoms with van der Waals surface area (Å²) in [5.41, 5.74) is 6.41. The Morgan fingerprint density at radius 1 is 1.00 bits per heavy atom. The lowest BCUT2D eigenvalue weighted by Gasteiger charge is -2.13. The van der Waals surface area contributed by atoms with Crippen LogP contribution < -0.4 is 5.73 Å². The molecule has 0 aliphatic carbocycles. The van der Waals surface area contributed by atoms with Gasteiger partial charge in [-0.1, -0.05) is 23.9 Å². The van der Waals surface area contributed by atoms with Crippen molar-refractivity contribution >= 4 is 11.8 Å². The molecule has 0 amide bonds. The molecule has 1 atom stereocenters. The predicted octanol–water partition coefficient (Wildman–Crippen LogP) is 4.27. The number of nitrogens with two attached hydrogens (primary N) is 1. The highest BCUT2D eigenvalue weighted by Crippen LogP contribution is 2.35. The summed E-state index contributed by atoms with van der Waals surface area (Å²) in [5, 5.41) is 0. The third-order valence-corrected chi connectivity index (χ3v) is 3.72. The highest BCUT2D eigenvalue weighted by molar-refractivity contribution is 7.99. The van der Waals surface area contributed by atoms with E-state index in [1.54, 1.807) is 19.1 Å². The molecule has 0 saturated carbocycles. The van der Waals surface area contributed by atoms with Crippen LogP contribution in [0.4, 0.5) is 13.2 Å². The molecule has 0 radical (unpaired) electrons. The monoisotopic (exact) mass is 283 g/mol. The first kappa shape index (κ1) is 14.0. The summed E-state index contributed by atoms with van der Waals surface area (Å²) in [6.07, 6.45) is 0. The van der Waals surface area contributed by atoms with Gasteiger partial charge in [0, 0.05) is 10.9 Å². The molecule has 0 bridgehead atoms. The molecule has 0 unspecified atom stereocenters. The molecule has 0 saturated heterocycles. The third kappa shape index (κ3) is 3.11. The average Bonchev–Trinajstić information content (AvgIpc) is 2.36. The zero-order valence-electron chi connectivity index (χ0n) is 10.2. The third-order valence-electron chi connectivity index (χ3n) is 2.60. The summed E-state index contributed by atoms with van der Waals surface area (Å²) in [5.74, 6) is -2.31. The van der Waals surface area contributed by atoms with Crippen molar-refractivity contribution in [1.82, 2.24) is 0 Å².